The fourth-order valence-corrected chi connectivity index (χ4v) is 3.40. The second-order valence-corrected chi connectivity index (χ2v) is 7.26. The number of aryl methyl sites for hydroxylation is 2. The second-order valence-electron chi connectivity index (χ2n) is 6.09. The molecule has 4 heteroatoms. The molecule has 0 saturated heterocycles. The second kappa shape index (κ2) is 8.72. The lowest BCUT2D eigenvalue weighted by Crippen LogP contribution is -2.19. The van der Waals surface area contributed by atoms with E-state index in [9.17, 15) is 5.11 Å². The van der Waals surface area contributed by atoms with E-state index in [0.29, 0.717) is 5.75 Å². The number of phenolic OH excluding ortho intramolecular Hbond substituents is 1. The normalized spacial score (nSPS) is 12.2. The van der Waals surface area contributed by atoms with E-state index >= 15 is 0 Å². The van der Waals surface area contributed by atoms with Gasteiger partial charge in [-0.15, -0.1) is 0 Å². The van der Waals surface area contributed by atoms with E-state index < -0.39 is 0 Å². The highest BCUT2D eigenvalue weighted by Gasteiger charge is 2.13. The van der Waals surface area contributed by atoms with E-state index in [1.165, 1.54) is 11.1 Å². The molecule has 0 aliphatic rings. The highest BCUT2D eigenvalue weighted by Crippen LogP contribution is 2.28. The number of aromatic hydroxyl groups is 1. The van der Waals surface area contributed by atoms with Gasteiger partial charge in [-0.05, 0) is 77.2 Å². The van der Waals surface area contributed by atoms with Gasteiger partial charge in [0.25, 0.3) is 0 Å². The molecule has 130 valence electrons. The zero-order valence-electron chi connectivity index (χ0n) is 14.7. The van der Waals surface area contributed by atoms with E-state index in [1.807, 2.05) is 12.1 Å². The minimum Gasteiger partial charge on any atom is -0.507 e. The quantitative estimate of drug-likeness (QED) is 0.466. The number of phenols is 1. The monoisotopic (exact) mass is 440 g/mol. The topological polar surface area (TPSA) is 38.7 Å². The molecule has 0 aliphatic heterocycles. The first-order chi connectivity index (χ1) is 11.4. The van der Waals surface area contributed by atoms with Crippen LogP contribution >= 0.6 is 22.6 Å². The summed E-state index contributed by atoms with van der Waals surface area (Å²) in [6, 6.07) is 10.1. The summed E-state index contributed by atoms with van der Waals surface area (Å²) in [5.74, 6) is 1.25. The van der Waals surface area contributed by atoms with Gasteiger partial charge >= 0.3 is 0 Å². The lowest BCUT2D eigenvalue weighted by molar-refractivity contribution is -0.0591. The predicted octanol–water partition coefficient (Wildman–Crippen LogP) is 5.36. The van der Waals surface area contributed by atoms with E-state index in [2.05, 4.69) is 55.5 Å². The van der Waals surface area contributed by atoms with Gasteiger partial charge in [0.05, 0.1) is 3.57 Å². The van der Waals surface area contributed by atoms with Crippen molar-refractivity contribution in [1.29, 1.82) is 0 Å². The van der Waals surface area contributed by atoms with Crippen molar-refractivity contribution in [3.05, 3.63) is 56.2 Å². The Bertz CT molecular complexity index is 674. The van der Waals surface area contributed by atoms with Crippen LogP contribution in [0.2, 0.25) is 0 Å². The Labute approximate surface area is 158 Å². The molecule has 1 atom stereocenters. The van der Waals surface area contributed by atoms with Crippen molar-refractivity contribution in [2.24, 2.45) is 0 Å². The van der Waals surface area contributed by atoms with Crippen LogP contribution in [0.5, 0.6) is 11.5 Å². The molecular weight excluding hydrogens is 415 g/mol. The first kappa shape index (κ1) is 19.1. The molecule has 2 rings (SSSR count). The minimum absolute atomic E-state index is 0.197. The van der Waals surface area contributed by atoms with Crippen molar-refractivity contribution >= 4 is 22.6 Å². The molecule has 0 bridgehead atoms. The average molecular weight is 440 g/mol. The van der Waals surface area contributed by atoms with Crippen molar-refractivity contribution in [2.45, 2.75) is 46.3 Å². The van der Waals surface area contributed by atoms with E-state index in [4.69, 9.17) is 9.47 Å². The number of hydrogen-bond donors (Lipinski definition) is 1. The summed E-state index contributed by atoms with van der Waals surface area (Å²) < 4.78 is 12.3. The smallest absolute Gasteiger partial charge is 0.199 e. The van der Waals surface area contributed by atoms with Gasteiger partial charge in [-0.3, -0.25) is 0 Å². The first-order valence-corrected chi connectivity index (χ1v) is 9.29. The van der Waals surface area contributed by atoms with Gasteiger partial charge in [-0.25, -0.2) is 0 Å². The molecule has 0 heterocycles. The van der Waals surface area contributed by atoms with Crippen LogP contribution in [0.1, 0.15) is 42.0 Å². The minimum atomic E-state index is -0.197. The molecule has 2 aromatic rings. The van der Waals surface area contributed by atoms with Gasteiger partial charge in [0.2, 0.25) is 0 Å². The van der Waals surface area contributed by atoms with E-state index in [-0.39, 0.29) is 6.29 Å². The number of halogens is 1. The number of ether oxygens (including phenoxy) is 2. The maximum atomic E-state index is 9.65. The largest absolute Gasteiger partial charge is 0.507 e. The SMILES string of the molecule is CCCC(OC)Oc1c(C)cc(Cc2ccc(O)c(I)c2)cc1C. The van der Waals surface area contributed by atoms with Crippen LogP contribution in [0.4, 0.5) is 0 Å². The summed E-state index contributed by atoms with van der Waals surface area (Å²) in [5, 5.41) is 9.65. The van der Waals surface area contributed by atoms with Gasteiger partial charge < -0.3 is 14.6 Å². The lowest BCUT2D eigenvalue weighted by Gasteiger charge is -2.20. The summed E-state index contributed by atoms with van der Waals surface area (Å²) in [4.78, 5) is 0. The number of rotatable bonds is 7. The number of hydrogen-bond acceptors (Lipinski definition) is 3. The lowest BCUT2D eigenvalue weighted by atomic mass is 9.99. The van der Waals surface area contributed by atoms with Crippen LogP contribution in [0.15, 0.2) is 30.3 Å². The van der Waals surface area contributed by atoms with Gasteiger partial charge in [0.1, 0.15) is 11.5 Å². The van der Waals surface area contributed by atoms with E-state index in [1.54, 1.807) is 13.2 Å². The number of benzene rings is 2. The van der Waals surface area contributed by atoms with Crippen LogP contribution < -0.4 is 4.74 Å². The fraction of sp³-hybridized carbons (Fsp3) is 0.400. The molecule has 1 unspecified atom stereocenters. The van der Waals surface area contributed by atoms with Crippen LogP contribution in [0, 0.1) is 17.4 Å². The summed E-state index contributed by atoms with van der Waals surface area (Å²) in [6.07, 6.45) is 2.54. The Morgan fingerprint density at radius 2 is 1.75 bits per heavy atom. The summed E-state index contributed by atoms with van der Waals surface area (Å²) in [7, 11) is 1.69. The third-order valence-electron chi connectivity index (χ3n) is 3.98. The molecule has 0 fully saturated rings. The number of methoxy groups -OCH3 is 1. The molecule has 24 heavy (non-hydrogen) atoms. The van der Waals surface area contributed by atoms with Crippen LogP contribution in [0.3, 0.4) is 0 Å². The zero-order valence-corrected chi connectivity index (χ0v) is 16.9. The molecule has 0 aromatic heterocycles. The highest BCUT2D eigenvalue weighted by atomic mass is 127. The van der Waals surface area contributed by atoms with Crippen molar-refractivity contribution in [3.8, 4) is 11.5 Å². The highest BCUT2D eigenvalue weighted by molar-refractivity contribution is 14.1. The van der Waals surface area contributed by atoms with Gasteiger partial charge in [0.15, 0.2) is 6.29 Å². The predicted molar refractivity (Wildman–Crippen MR) is 106 cm³/mol. The van der Waals surface area contributed by atoms with Gasteiger partial charge in [-0.1, -0.05) is 31.5 Å². The molecule has 0 saturated carbocycles. The van der Waals surface area contributed by atoms with E-state index in [0.717, 1.165) is 39.7 Å². The average Bonchev–Trinajstić information content (AvgIpc) is 2.53. The van der Waals surface area contributed by atoms with Crippen molar-refractivity contribution in [2.75, 3.05) is 7.11 Å². The van der Waals surface area contributed by atoms with Crippen LogP contribution in [-0.4, -0.2) is 18.5 Å². The zero-order chi connectivity index (χ0) is 17.7. The Balaban J connectivity index is 2.20. The maximum Gasteiger partial charge on any atom is 0.199 e. The van der Waals surface area contributed by atoms with Crippen molar-refractivity contribution in [1.82, 2.24) is 0 Å². The Morgan fingerprint density at radius 1 is 1.08 bits per heavy atom. The molecule has 0 amide bonds. The fourth-order valence-electron chi connectivity index (χ4n) is 2.82. The molecule has 0 aliphatic carbocycles. The van der Waals surface area contributed by atoms with Gasteiger partial charge in [-0.2, -0.15) is 0 Å². The summed E-state index contributed by atoms with van der Waals surface area (Å²) >= 11 is 2.15. The van der Waals surface area contributed by atoms with Crippen molar-refractivity contribution in [3.63, 3.8) is 0 Å². The standard InChI is InChI=1S/C20H25IO3/c1-5-6-19(23-4)24-20-13(2)9-16(10-14(20)3)11-15-7-8-18(22)17(21)12-15/h7-10,12,19,22H,5-6,11H2,1-4H3. The molecule has 3 nitrogen and oxygen atoms in total. The first-order valence-electron chi connectivity index (χ1n) is 8.21. The van der Waals surface area contributed by atoms with Crippen LogP contribution in [-0.2, 0) is 11.2 Å². The molecule has 2 aromatic carbocycles. The van der Waals surface area contributed by atoms with Gasteiger partial charge in [0, 0.05) is 13.5 Å². The maximum absolute atomic E-state index is 9.65. The molecule has 1 N–H and O–H groups in total. The Kier molecular flexibility index (Phi) is 6.92. The molecule has 0 radical (unpaired) electrons. The third-order valence-corrected chi connectivity index (χ3v) is 4.84. The Hall–Kier alpha value is -1.27. The summed E-state index contributed by atoms with van der Waals surface area (Å²) in [6.45, 7) is 6.27. The van der Waals surface area contributed by atoms with Crippen LogP contribution in [0.25, 0.3) is 0 Å². The summed E-state index contributed by atoms with van der Waals surface area (Å²) in [5.41, 5.74) is 4.67. The molecule has 0 spiro atoms. The third kappa shape index (κ3) is 4.86. The Morgan fingerprint density at radius 3 is 2.29 bits per heavy atom. The van der Waals surface area contributed by atoms with Crippen molar-refractivity contribution < 1.29 is 14.6 Å². The molecular formula is C20H25IO3.